The summed E-state index contributed by atoms with van der Waals surface area (Å²) < 4.78 is 0. The highest BCUT2D eigenvalue weighted by molar-refractivity contribution is 5.48. The summed E-state index contributed by atoms with van der Waals surface area (Å²) in [4.78, 5) is 0. The van der Waals surface area contributed by atoms with Gasteiger partial charge in [0.15, 0.2) is 0 Å². The lowest BCUT2D eigenvalue weighted by Crippen LogP contribution is -2.25. The third-order valence-electron chi connectivity index (χ3n) is 6.57. The van der Waals surface area contributed by atoms with Crippen molar-refractivity contribution in [2.45, 2.75) is 65.2 Å². The monoisotopic (exact) mass is 372 g/mol. The minimum atomic E-state index is 0.385. The van der Waals surface area contributed by atoms with Gasteiger partial charge in [0.05, 0.1) is 0 Å². The van der Waals surface area contributed by atoms with Crippen molar-refractivity contribution < 1.29 is 0 Å². The van der Waals surface area contributed by atoms with Gasteiger partial charge in [-0.25, -0.2) is 0 Å². The van der Waals surface area contributed by atoms with E-state index in [2.05, 4.69) is 92.8 Å². The highest BCUT2D eigenvalue weighted by Gasteiger charge is 2.32. The van der Waals surface area contributed by atoms with Crippen LogP contribution < -0.4 is 0 Å². The first-order valence-electron chi connectivity index (χ1n) is 11.2. The van der Waals surface area contributed by atoms with Crippen LogP contribution in [-0.4, -0.2) is 0 Å². The van der Waals surface area contributed by atoms with Crippen LogP contribution in [0.4, 0.5) is 0 Å². The van der Waals surface area contributed by atoms with E-state index in [4.69, 9.17) is 0 Å². The zero-order valence-corrected chi connectivity index (χ0v) is 17.7. The van der Waals surface area contributed by atoms with Crippen LogP contribution in [-0.2, 0) is 0 Å². The van der Waals surface area contributed by atoms with E-state index in [1.165, 1.54) is 50.5 Å². The van der Waals surface area contributed by atoms with Gasteiger partial charge in [0.1, 0.15) is 0 Å². The zero-order valence-electron chi connectivity index (χ0n) is 17.7. The first-order chi connectivity index (χ1) is 13.8. The van der Waals surface area contributed by atoms with E-state index in [-0.39, 0.29) is 0 Å². The van der Waals surface area contributed by atoms with Gasteiger partial charge in [0.25, 0.3) is 0 Å². The molecule has 2 aliphatic rings. The van der Waals surface area contributed by atoms with E-state index in [0.717, 1.165) is 6.42 Å². The molecule has 0 bridgehead atoms. The molecule has 0 radical (unpaired) electrons. The summed E-state index contributed by atoms with van der Waals surface area (Å²) in [6.07, 6.45) is 28.5. The number of benzene rings is 1. The molecule has 0 heteroatoms. The fraction of sp³-hybridized carbons (Fsp3) is 0.429. The van der Waals surface area contributed by atoms with Crippen molar-refractivity contribution in [1.29, 1.82) is 0 Å². The lowest BCUT2D eigenvalue weighted by molar-refractivity contribution is 0.206. The van der Waals surface area contributed by atoms with E-state index in [0.29, 0.717) is 11.3 Å². The van der Waals surface area contributed by atoms with Crippen molar-refractivity contribution >= 4 is 6.08 Å². The SMILES string of the molecule is CCCC(CC)(C/C=C/c1ccccc1)CC(C1=CC=CC1)C1=CC=CCC1. The Kier molecular flexibility index (Phi) is 7.71. The van der Waals surface area contributed by atoms with Crippen molar-refractivity contribution in [1.82, 2.24) is 0 Å². The topological polar surface area (TPSA) is 0 Å². The molecule has 0 nitrogen and oxygen atoms in total. The number of rotatable bonds is 10. The molecule has 3 rings (SSSR count). The molecule has 28 heavy (non-hydrogen) atoms. The normalized spacial score (nSPS) is 19.5. The molecule has 0 aliphatic heterocycles. The maximum absolute atomic E-state index is 2.43. The van der Waals surface area contributed by atoms with Gasteiger partial charge in [-0.2, -0.15) is 0 Å². The molecular formula is C28H36. The molecule has 0 heterocycles. The molecule has 0 amide bonds. The average molecular weight is 373 g/mol. The van der Waals surface area contributed by atoms with E-state index in [1.807, 2.05) is 0 Å². The highest BCUT2D eigenvalue weighted by Crippen LogP contribution is 2.45. The maximum atomic E-state index is 2.43. The molecule has 1 aromatic rings. The summed E-state index contributed by atoms with van der Waals surface area (Å²) in [5.41, 5.74) is 4.97. The Bertz CT molecular complexity index is 756. The number of hydrogen-bond donors (Lipinski definition) is 0. The minimum absolute atomic E-state index is 0.385. The molecular weight excluding hydrogens is 336 g/mol. The molecule has 0 spiro atoms. The average Bonchev–Trinajstić information content (AvgIpc) is 3.28. The predicted octanol–water partition coefficient (Wildman–Crippen LogP) is 8.46. The third-order valence-corrected chi connectivity index (χ3v) is 6.57. The molecule has 2 aliphatic carbocycles. The Balaban J connectivity index is 1.80. The Labute approximate surface area is 172 Å². The Morgan fingerprint density at radius 2 is 1.79 bits per heavy atom. The van der Waals surface area contributed by atoms with Crippen LogP contribution in [0, 0.1) is 11.3 Å². The molecule has 1 aromatic carbocycles. The molecule has 148 valence electrons. The fourth-order valence-electron chi connectivity index (χ4n) is 4.86. The second-order valence-corrected chi connectivity index (χ2v) is 8.46. The van der Waals surface area contributed by atoms with Gasteiger partial charge in [0.2, 0.25) is 0 Å². The van der Waals surface area contributed by atoms with Gasteiger partial charge in [-0.05, 0) is 49.5 Å². The Morgan fingerprint density at radius 3 is 2.43 bits per heavy atom. The predicted molar refractivity (Wildman–Crippen MR) is 124 cm³/mol. The Morgan fingerprint density at radius 1 is 1.00 bits per heavy atom. The van der Waals surface area contributed by atoms with E-state index < -0.39 is 0 Å². The largest absolute Gasteiger partial charge is 0.0842 e. The minimum Gasteiger partial charge on any atom is -0.0842 e. The van der Waals surface area contributed by atoms with Crippen molar-refractivity contribution in [3.63, 3.8) is 0 Å². The van der Waals surface area contributed by atoms with E-state index in [1.54, 1.807) is 11.1 Å². The van der Waals surface area contributed by atoms with Crippen LogP contribution >= 0.6 is 0 Å². The fourth-order valence-corrected chi connectivity index (χ4v) is 4.86. The summed E-state index contributed by atoms with van der Waals surface area (Å²) in [5, 5.41) is 0. The molecule has 2 unspecified atom stereocenters. The molecule has 0 saturated carbocycles. The number of allylic oxidation sites excluding steroid dienone is 9. The molecule has 0 aromatic heterocycles. The van der Waals surface area contributed by atoms with Gasteiger partial charge in [0, 0.05) is 5.92 Å². The molecule has 2 atom stereocenters. The van der Waals surface area contributed by atoms with Gasteiger partial charge in [-0.1, -0.05) is 117 Å². The van der Waals surface area contributed by atoms with Gasteiger partial charge >= 0.3 is 0 Å². The second kappa shape index (κ2) is 10.5. The van der Waals surface area contributed by atoms with E-state index in [9.17, 15) is 0 Å². The van der Waals surface area contributed by atoms with Crippen LogP contribution in [0.2, 0.25) is 0 Å². The van der Waals surface area contributed by atoms with Gasteiger partial charge in [-0.15, -0.1) is 0 Å². The van der Waals surface area contributed by atoms with Crippen molar-refractivity contribution in [3.8, 4) is 0 Å². The summed E-state index contributed by atoms with van der Waals surface area (Å²) in [6.45, 7) is 4.75. The molecule has 0 fully saturated rings. The van der Waals surface area contributed by atoms with Crippen LogP contribution in [0.3, 0.4) is 0 Å². The number of hydrogen-bond acceptors (Lipinski definition) is 0. The van der Waals surface area contributed by atoms with E-state index >= 15 is 0 Å². The molecule has 0 N–H and O–H groups in total. The summed E-state index contributed by atoms with van der Waals surface area (Å²) in [7, 11) is 0. The van der Waals surface area contributed by atoms with Crippen LogP contribution in [0.15, 0.2) is 84.0 Å². The lowest BCUT2D eigenvalue weighted by Gasteiger charge is -2.37. The first kappa shape index (κ1) is 20.6. The zero-order chi connectivity index (χ0) is 19.7. The lowest BCUT2D eigenvalue weighted by atomic mass is 9.67. The quantitative estimate of drug-likeness (QED) is 0.386. The maximum Gasteiger partial charge on any atom is 0.00218 e. The van der Waals surface area contributed by atoms with Crippen LogP contribution in [0.1, 0.15) is 70.8 Å². The summed E-state index contributed by atoms with van der Waals surface area (Å²) >= 11 is 0. The summed E-state index contributed by atoms with van der Waals surface area (Å²) in [5.74, 6) is 0.608. The van der Waals surface area contributed by atoms with Gasteiger partial charge < -0.3 is 0 Å². The third kappa shape index (κ3) is 5.47. The van der Waals surface area contributed by atoms with Crippen molar-refractivity contribution in [3.05, 3.63) is 89.6 Å². The second-order valence-electron chi connectivity index (χ2n) is 8.46. The molecule has 0 saturated heterocycles. The van der Waals surface area contributed by atoms with Crippen molar-refractivity contribution in [2.75, 3.05) is 0 Å². The smallest absolute Gasteiger partial charge is 0.00218 e. The first-order valence-corrected chi connectivity index (χ1v) is 11.2. The van der Waals surface area contributed by atoms with Crippen LogP contribution in [0.5, 0.6) is 0 Å². The standard InChI is InChI=1S/C28H36/c1-3-21-28(4-2,22-13-16-24-14-7-5-8-15-24)23-27(26-19-11-12-20-26)25-17-9-6-10-18-25/h5-9,11-17,19,27H,3-4,10,18,20-23H2,1-2H3/b16-13+. The highest BCUT2D eigenvalue weighted by atomic mass is 14.4. The van der Waals surface area contributed by atoms with Gasteiger partial charge in [-0.3, -0.25) is 0 Å². The Hall–Kier alpha value is -2.08. The van der Waals surface area contributed by atoms with Crippen molar-refractivity contribution in [2.24, 2.45) is 11.3 Å². The summed E-state index contributed by atoms with van der Waals surface area (Å²) in [6, 6.07) is 10.7. The van der Waals surface area contributed by atoms with Crippen LogP contribution in [0.25, 0.3) is 6.08 Å².